The van der Waals surface area contributed by atoms with E-state index in [1.807, 2.05) is 23.1 Å². The number of nitrogens with two attached hydrogens (primary N) is 1. The van der Waals surface area contributed by atoms with E-state index >= 15 is 0 Å². The number of imidazole rings is 1. The van der Waals surface area contributed by atoms with E-state index in [-0.39, 0.29) is 25.0 Å². The molecule has 1 saturated carbocycles. The van der Waals surface area contributed by atoms with Crippen LogP contribution in [-0.4, -0.2) is 40.8 Å². The third kappa shape index (κ3) is 4.36. The highest BCUT2D eigenvalue weighted by atomic mass is 32.2. The third-order valence-corrected chi connectivity index (χ3v) is 7.57. The van der Waals surface area contributed by atoms with Gasteiger partial charge in [0.1, 0.15) is 0 Å². The lowest BCUT2D eigenvalue weighted by Crippen LogP contribution is -2.46. The minimum atomic E-state index is -5.50. The molecular weight excluding hydrogens is 443 g/mol. The molecule has 1 atom stereocenters. The van der Waals surface area contributed by atoms with E-state index < -0.39 is 21.6 Å². The van der Waals surface area contributed by atoms with Crippen molar-refractivity contribution in [1.29, 1.82) is 0 Å². The largest absolute Gasteiger partial charge is 0.511 e. The number of rotatable bonds is 7. The molecule has 1 aliphatic carbocycles. The number of aromatic nitrogens is 2. The van der Waals surface area contributed by atoms with Crippen molar-refractivity contribution in [1.82, 2.24) is 14.3 Å². The number of halogens is 3. The number of H-pyrrole nitrogens is 1. The predicted molar refractivity (Wildman–Crippen MR) is 116 cm³/mol. The number of nitrogen functional groups attached to an aromatic ring is 1. The summed E-state index contributed by atoms with van der Waals surface area (Å²) in [4.78, 5) is 8.95. The molecule has 1 aromatic heterocycles. The number of nitrogens with one attached hydrogen (secondary N) is 1. The van der Waals surface area contributed by atoms with Gasteiger partial charge < -0.3 is 15.6 Å². The molecule has 0 spiro atoms. The molecule has 0 bridgehead atoms. The van der Waals surface area contributed by atoms with Crippen molar-refractivity contribution in [2.24, 2.45) is 0 Å². The van der Waals surface area contributed by atoms with Gasteiger partial charge in [0.25, 0.3) is 0 Å². The smallest absolute Gasteiger partial charge is 0.369 e. The number of fused-ring (bicyclic) bond motifs is 1. The monoisotopic (exact) mass is 469 g/mol. The van der Waals surface area contributed by atoms with E-state index in [0.29, 0.717) is 34.9 Å². The first-order valence-corrected chi connectivity index (χ1v) is 11.9. The summed E-state index contributed by atoms with van der Waals surface area (Å²) in [6.45, 7) is 3.44. The summed E-state index contributed by atoms with van der Waals surface area (Å²) < 4.78 is 66.2. The maximum atomic E-state index is 13.5. The van der Waals surface area contributed by atoms with Crippen molar-refractivity contribution >= 4 is 21.7 Å². The van der Waals surface area contributed by atoms with E-state index in [1.165, 1.54) is 0 Å². The zero-order valence-electron chi connectivity index (χ0n) is 17.5. The van der Waals surface area contributed by atoms with Gasteiger partial charge in [0.2, 0.25) is 0 Å². The van der Waals surface area contributed by atoms with Crippen molar-refractivity contribution in [3.63, 3.8) is 0 Å². The second kappa shape index (κ2) is 8.43. The van der Waals surface area contributed by atoms with Gasteiger partial charge in [-0.05, 0) is 48.8 Å². The molecule has 2 aromatic rings. The van der Waals surface area contributed by atoms with Crippen LogP contribution >= 0.6 is 0 Å². The fraction of sp³-hybridized carbons (Fsp3) is 0.476. The van der Waals surface area contributed by atoms with Crippen molar-refractivity contribution in [2.75, 3.05) is 17.2 Å². The molecule has 0 radical (unpaired) electrons. The van der Waals surface area contributed by atoms with Crippen molar-refractivity contribution < 1.29 is 21.6 Å². The summed E-state index contributed by atoms with van der Waals surface area (Å²) in [7, 11) is -5.50. The molecule has 3 N–H and O–H groups in total. The molecule has 1 unspecified atom stereocenters. The molecule has 4 rings (SSSR count). The van der Waals surface area contributed by atoms with Crippen LogP contribution in [0, 0.1) is 0 Å². The SMILES string of the molecule is C=CCCC1CN(S(=O)(=O)C(F)(F)F)Cc2c(C3CC3)cccc2N1Cc1cnc(N)[nH]1. The average molecular weight is 470 g/mol. The minimum absolute atomic E-state index is 0.241. The van der Waals surface area contributed by atoms with Crippen molar-refractivity contribution in [3.8, 4) is 0 Å². The Morgan fingerprint density at radius 2 is 2.06 bits per heavy atom. The van der Waals surface area contributed by atoms with Crippen LogP contribution in [0.25, 0.3) is 0 Å². The number of hydrogen-bond acceptors (Lipinski definition) is 5. The summed E-state index contributed by atoms with van der Waals surface area (Å²) in [5, 5.41) is 0. The second-order valence-electron chi connectivity index (χ2n) is 8.30. The van der Waals surface area contributed by atoms with E-state index in [1.54, 1.807) is 12.3 Å². The lowest BCUT2D eigenvalue weighted by Gasteiger charge is -2.34. The summed E-state index contributed by atoms with van der Waals surface area (Å²) in [6.07, 6.45) is 6.13. The van der Waals surface area contributed by atoms with Gasteiger partial charge >= 0.3 is 15.5 Å². The summed E-state index contributed by atoms with van der Waals surface area (Å²) in [5.41, 5.74) is 3.35. The van der Waals surface area contributed by atoms with E-state index in [2.05, 4.69) is 16.5 Å². The Morgan fingerprint density at radius 1 is 1.31 bits per heavy atom. The number of aromatic amines is 1. The molecule has 7 nitrogen and oxygen atoms in total. The Kier molecular flexibility index (Phi) is 5.97. The van der Waals surface area contributed by atoms with Gasteiger partial charge in [-0.15, -0.1) is 6.58 Å². The average Bonchev–Trinajstić information content (AvgIpc) is 3.51. The molecule has 2 aliphatic rings. The van der Waals surface area contributed by atoms with Gasteiger partial charge in [-0.3, -0.25) is 0 Å². The van der Waals surface area contributed by atoms with Gasteiger partial charge in [0.15, 0.2) is 5.95 Å². The van der Waals surface area contributed by atoms with Crippen LogP contribution in [0.3, 0.4) is 0 Å². The number of allylic oxidation sites excluding steroid dienone is 1. The maximum Gasteiger partial charge on any atom is 0.511 e. The predicted octanol–water partition coefficient (Wildman–Crippen LogP) is 3.88. The fourth-order valence-corrected chi connectivity index (χ4v) is 5.28. The Bertz CT molecular complexity index is 1100. The van der Waals surface area contributed by atoms with Gasteiger partial charge in [-0.2, -0.15) is 17.5 Å². The summed E-state index contributed by atoms with van der Waals surface area (Å²) in [6, 6.07) is 5.14. The zero-order chi connectivity index (χ0) is 23.1. The number of sulfonamides is 1. The molecule has 1 fully saturated rings. The number of hydrogen-bond donors (Lipinski definition) is 2. The van der Waals surface area contributed by atoms with Gasteiger partial charge in [0, 0.05) is 24.8 Å². The minimum Gasteiger partial charge on any atom is -0.369 e. The Balaban J connectivity index is 1.83. The Hall–Kier alpha value is -2.53. The quantitative estimate of drug-likeness (QED) is 0.600. The Labute approximate surface area is 185 Å². The van der Waals surface area contributed by atoms with Crippen LogP contribution in [0.2, 0.25) is 0 Å². The Morgan fingerprint density at radius 3 is 2.66 bits per heavy atom. The first-order chi connectivity index (χ1) is 15.1. The first-order valence-electron chi connectivity index (χ1n) is 10.5. The highest BCUT2D eigenvalue weighted by Gasteiger charge is 2.51. The first kappa shape index (κ1) is 22.7. The lowest BCUT2D eigenvalue weighted by molar-refractivity contribution is -0.0492. The molecule has 2 heterocycles. The number of benzene rings is 1. The zero-order valence-corrected chi connectivity index (χ0v) is 18.3. The standard InChI is InChI=1S/C21H26F3N5O2S/c1-2-3-5-16-12-28(32(30,31)21(22,23)24)13-18-17(14-8-9-14)6-4-7-19(18)29(16)11-15-10-26-20(25)27-15/h2,4,6-7,10,14,16H,1,3,5,8-9,11-13H2,(H3,25,26,27). The molecule has 0 amide bonds. The molecule has 32 heavy (non-hydrogen) atoms. The molecular formula is C21H26F3N5O2S. The molecule has 0 saturated heterocycles. The van der Waals surface area contributed by atoms with Crippen LogP contribution in [0.5, 0.6) is 0 Å². The molecule has 174 valence electrons. The lowest BCUT2D eigenvalue weighted by atomic mass is 10.00. The van der Waals surface area contributed by atoms with E-state index in [0.717, 1.165) is 24.1 Å². The summed E-state index contributed by atoms with van der Waals surface area (Å²) >= 11 is 0. The second-order valence-corrected chi connectivity index (χ2v) is 10.2. The third-order valence-electron chi connectivity index (χ3n) is 6.03. The van der Waals surface area contributed by atoms with Crippen LogP contribution in [0.4, 0.5) is 24.8 Å². The number of anilines is 2. The van der Waals surface area contributed by atoms with E-state index in [9.17, 15) is 21.6 Å². The normalized spacial score (nSPS) is 20.1. The van der Waals surface area contributed by atoms with Crippen LogP contribution in [-0.2, 0) is 23.1 Å². The van der Waals surface area contributed by atoms with Gasteiger partial charge in [-0.25, -0.2) is 13.4 Å². The van der Waals surface area contributed by atoms with Crippen LogP contribution < -0.4 is 10.6 Å². The maximum absolute atomic E-state index is 13.5. The van der Waals surface area contributed by atoms with Crippen LogP contribution in [0.15, 0.2) is 37.1 Å². The highest BCUT2D eigenvalue weighted by Crippen LogP contribution is 2.46. The van der Waals surface area contributed by atoms with Crippen LogP contribution in [0.1, 0.15) is 48.4 Å². The van der Waals surface area contributed by atoms with Crippen molar-refractivity contribution in [3.05, 3.63) is 53.9 Å². The highest BCUT2D eigenvalue weighted by molar-refractivity contribution is 7.89. The molecule has 11 heteroatoms. The topological polar surface area (TPSA) is 95.3 Å². The fourth-order valence-electron chi connectivity index (χ4n) is 4.32. The van der Waals surface area contributed by atoms with E-state index in [4.69, 9.17) is 5.73 Å². The number of alkyl halides is 3. The summed E-state index contributed by atoms with van der Waals surface area (Å²) in [5.74, 6) is 0.487. The molecule has 1 aromatic carbocycles. The number of nitrogens with zero attached hydrogens (tertiary/aromatic N) is 3. The van der Waals surface area contributed by atoms with Gasteiger partial charge in [-0.1, -0.05) is 18.2 Å². The molecule has 1 aliphatic heterocycles. The van der Waals surface area contributed by atoms with Crippen molar-refractivity contribution in [2.45, 2.75) is 56.2 Å². The van der Waals surface area contributed by atoms with Gasteiger partial charge in [0.05, 0.1) is 18.4 Å².